The summed E-state index contributed by atoms with van der Waals surface area (Å²) >= 11 is 0. The number of hydrogen-bond donors (Lipinski definition) is 0. The van der Waals surface area contributed by atoms with Crippen molar-refractivity contribution in [3.63, 3.8) is 0 Å². The minimum absolute atomic E-state index is 0.433. The topological polar surface area (TPSA) is 17.1 Å². The van der Waals surface area contributed by atoms with Gasteiger partial charge in [-0.25, -0.2) is 0 Å². The molecule has 0 spiro atoms. The third kappa shape index (κ3) is 5.47. The molecule has 0 aromatic rings. The Bertz CT molecular complexity index is 207. The lowest BCUT2D eigenvalue weighted by molar-refractivity contribution is -0.119. The molecule has 0 bridgehead atoms. The molecule has 1 rings (SSSR count). The van der Waals surface area contributed by atoms with E-state index in [0.29, 0.717) is 5.78 Å². The molecule has 72 valence electrons. The van der Waals surface area contributed by atoms with Crippen LogP contribution in [0.15, 0.2) is 0 Å². The second-order valence-corrected chi connectivity index (χ2v) is 3.66. The van der Waals surface area contributed by atoms with E-state index in [1.165, 1.54) is 19.3 Å². The van der Waals surface area contributed by atoms with Crippen LogP contribution in [0.2, 0.25) is 0 Å². The molecule has 1 nitrogen and oxygen atoms in total. The standard InChI is InChI=1S/C12H18O/c13-12-10-8-6-4-2-1-3-5-7-9-11-12/h1-2,4,6-11H2. The van der Waals surface area contributed by atoms with E-state index in [-0.39, 0.29) is 0 Å². The fourth-order valence-electron chi connectivity index (χ4n) is 1.56. The van der Waals surface area contributed by atoms with Crippen molar-refractivity contribution in [3.05, 3.63) is 0 Å². The average Bonchev–Trinajstić information content (AvgIpc) is 2.11. The fourth-order valence-corrected chi connectivity index (χ4v) is 1.56. The molecular weight excluding hydrogens is 160 g/mol. The van der Waals surface area contributed by atoms with E-state index in [1.54, 1.807) is 0 Å². The molecule has 0 aromatic heterocycles. The molecule has 13 heavy (non-hydrogen) atoms. The van der Waals surface area contributed by atoms with Crippen molar-refractivity contribution >= 4 is 5.78 Å². The zero-order valence-electron chi connectivity index (χ0n) is 8.27. The first-order valence-corrected chi connectivity index (χ1v) is 5.37. The van der Waals surface area contributed by atoms with Gasteiger partial charge in [-0.05, 0) is 19.3 Å². The van der Waals surface area contributed by atoms with Crippen LogP contribution in [0.25, 0.3) is 0 Å². The number of carbonyl (C=O) groups excluding carboxylic acids is 1. The van der Waals surface area contributed by atoms with Gasteiger partial charge in [-0.1, -0.05) is 12.8 Å². The molecule has 0 fully saturated rings. The Morgan fingerprint density at radius 2 is 1.38 bits per heavy atom. The Morgan fingerprint density at radius 3 is 2.23 bits per heavy atom. The van der Waals surface area contributed by atoms with E-state index in [2.05, 4.69) is 11.8 Å². The number of ketones is 1. The van der Waals surface area contributed by atoms with Crippen molar-refractivity contribution in [3.8, 4) is 11.8 Å². The Labute approximate surface area is 80.9 Å². The Hall–Kier alpha value is -0.770. The Kier molecular flexibility index (Phi) is 5.33. The van der Waals surface area contributed by atoms with E-state index in [0.717, 1.165) is 38.5 Å². The molecule has 0 radical (unpaired) electrons. The maximum atomic E-state index is 11.3. The van der Waals surface area contributed by atoms with Crippen molar-refractivity contribution in [1.82, 2.24) is 0 Å². The lowest BCUT2D eigenvalue weighted by Crippen LogP contribution is -1.97. The molecular formula is C12H18O. The molecule has 0 amide bonds. The van der Waals surface area contributed by atoms with E-state index >= 15 is 0 Å². The lowest BCUT2D eigenvalue weighted by Gasteiger charge is -2.01. The largest absolute Gasteiger partial charge is 0.300 e. The van der Waals surface area contributed by atoms with Gasteiger partial charge in [-0.15, -0.1) is 11.8 Å². The highest BCUT2D eigenvalue weighted by Crippen LogP contribution is 2.09. The van der Waals surface area contributed by atoms with E-state index in [4.69, 9.17) is 0 Å². The first kappa shape index (κ1) is 10.3. The molecule has 0 N–H and O–H groups in total. The Morgan fingerprint density at radius 1 is 0.769 bits per heavy atom. The summed E-state index contributed by atoms with van der Waals surface area (Å²) < 4.78 is 0. The molecule has 1 heteroatoms. The summed E-state index contributed by atoms with van der Waals surface area (Å²) in [5.74, 6) is 6.71. The SMILES string of the molecule is O=C1CCCC#CCCCCCC1. The smallest absolute Gasteiger partial charge is 0.132 e. The number of rotatable bonds is 0. The molecule has 0 heterocycles. The van der Waals surface area contributed by atoms with Crippen LogP contribution in [-0.2, 0) is 4.79 Å². The van der Waals surface area contributed by atoms with Crippen molar-refractivity contribution in [2.24, 2.45) is 0 Å². The summed E-state index contributed by atoms with van der Waals surface area (Å²) in [6.45, 7) is 0. The second-order valence-electron chi connectivity index (χ2n) is 3.66. The second kappa shape index (κ2) is 6.71. The van der Waals surface area contributed by atoms with Crippen LogP contribution < -0.4 is 0 Å². The van der Waals surface area contributed by atoms with Gasteiger partial charge in [0.1, 0.15) is 5.78 Å². The Balaban J connectivity index is 2.28. The highest BCUT2D eigenvalue weighted by molar-refractivity contribution is 5.78. The van der Waals surface area contributed by atoms with Gasteiger partial charge in [-0.2, -0.15) is 0 Å². The van der Waals surface area contributed by atoms with Crippen LogP contribution in [0, 0.1) is 11.8 Å². The summed E-state index contributed by atoms with van der Waals surface area (Å²) in [5, 5.41) is 0. The van der Waals surface area contributed by atoms with Crippen LogP contribution in [0.5, 0.6) is 0 Å². The van der Waals surface area contributed by atoms with E-state index < -0.39 is 0 Å². The monoisotopic (exact) mass is 178 g/mol. The predicted molar refractivity (Wildman–Crippen MR) is 54.3 cm³/mol. The molecule has 0 aromatic carbocycles. The van der Waals surface area contributed by atoms with E-state index in [1.807, 2.05) is 0 Å². The molecule has 0 aliphatic heterocycles. The molecule has 0 saturated heterocycles. The minimum Gasteiger partial charge on any atom is -0.300 e. The fraction of sp³-hybridized carbons (Fsp3) is 0.750. The highest BCUT2D eigenvalue weighted by Gasteiger charge is 2.01. The molecule has 0 atom stereocenters. The first-order valence-electron chi connectivity index (χ1n) is 5.37. The normalized spacial score (nSPS) is 20.8. The third-order valence-electron chi connectivity index (χ3n) is 2.39. The zero-order chi connectivity index (χ0) is 9.36. The van der Waals surface area contributed by atoms with Gasteiger partial charge in [-0.3, -0.25) is 4.79 Å². The summed E-state index contributed by atoms with van der Waals surface area (Å²) in [6, 6.07) is 0. The van der Waals surface area contributed by atoms with Crippen molar-refractivity contribution < 1.29 is 4.79 Å². The molecule has 1 aliphatic rings. The van der Waals surface area contributed by atoms with Gasteiger partial charge < -0.3 is 0 Å². The summed E-state index contributed by atoms with van der Waals surface area (Å²) in [5.41, 5.74) is 0. The maximum Gasteiger partial charge on any atom is 0.132 e. The van der Waals surface area contributed by atoms with Crippen molar-refractivity contribution in [1.29, 1.82) is 0 Å². The number of Topliss-reactive ketones (excluding diaryl/α,β-unsaturated/α-hetero) is 1. The van der Waals surface area contributed by atoms with Gasteiger partial charge in [0, 0.05) is 25.7 Å². The van der Waals surface area contributed by atoms with Gasteiger partial charge in [0.15, 0.2) is 0 Å². The van der Waals surface area contributed by atoms with E-state index in [9.17, 15) is 4.79 Å². The van der Waals surface area contributed by atoms with Crippen LogP contribution in [-0.4, -0.2) is 5.78 Å². The quantitative estimate of drug-likeness (QED) is 0.521. The van der Waals surface area contributed by atoms with Crippen LogP contribution >= 0.6 is 0 Å². The highest BCUT2D eigenvalue weighted by atomic mass is 16.1. The van der Waals surface area contributed by atoms with Gasteiger partial charge >= 0.3 is 0 Å². The van der Waals surface area contributed by atoms with Crippen LogP contribution in [0.4, 0.5) is 0 Å². The molecule has 0 unspecified atom stereocenters. The number of hydrogen-bond acceptors (Lipinski definition) is 1. The minimum atomic E-state index is 0.433. The lowest BCUT2D eigenvalue weighted by atomic mass is 10.0. The predicted octanol–water partition coefficient (Wildman–Crippen LogP) is 3.08. The molecule has 1 aliphatic carbocycles. The van der Waals surface area contributed by atoms with Gasteiger partial charge in [0.2, 0.25) is 0 Å². The van der Waals surface area contributed by atoms with Crippen molar-refractivity contribution in [2.45, 2.75) is 57.8 Å². The van der Waals surface area contributed by atoms with Crippen molar-refractivity contribution in [2.75, 3.05) is 0 Å². The zero-order valence-corrected chi connectivity index (χ0v) is 8.27. The summed E-state index contributed by atoms with van der Waals surface area (Å²) in [7, 11) is 0. The molecule has 0 saturated carbocycles. The maximum absolute atomic E-state index is 11.3. The third-order valence-corrected chi connectivity index (χ3v) is 2.39. The van der Waals surface area contributed by atoms with Gasteiger partial charge in [0.25, 0.3) is 0 Å². The van der Waals surface area contributed by atoms with Crippen LogP contribution in [0.3, 0.4) is 0 Å². The first-order chi connectivity index (χ1) is 6.39. The van der Waals surface area contributed by atoms with Gasteiger partial charge in [0.05, 0.1) is 0 Å². The summed E-state index contributed by atoms with van der Waals surface area (Å²) in [6.07, 6.45) is 9.20. The number of carbonyl (C=O) groups is 1. The van der Waals surface area contributed by atoms with Crippen LogP contribution in [0.1, 0.15) is 57.8 Å². The summed E-state index contributed by atoms with van der Waals surface area (Å²) in [4.78, 5) is 11.3. The average molecular weight is 178 g/mol.